The molecule has 4 aliphatic heterocycles. The second-order valence-electron chi connectivity index (χ2n) is 5.53. The van der Waals surface area contributed by atoms with E-state index in [2.05, 4.69) is 10.2 Å². The van der Waals surface area contributed by atoms with Gasteiger partial charge in [0.2, 0.25) is 0 Å². The van der Waals surface area contributed by atoms with Crippen LogP contribution in [0.5, 0.6) is 0 Å². The quantitative estimate of drug-likeness (QED) is 0.657. The molecular weight excluding hydrogens is 186 g/mol. The van der Waals surface area contributed by atoms with Crippen LogP contribution in [-0.4, -0.2) is 43.2 Å². The first-order valence-electron chi connectivity index (χ1n) is 6.56. The van der Waals surface area contributed by atoms with Crippen molar-refractivity contribution in [3.8, 4) is 0 Å². The molecule has 4 heterocycles. The summed E-state index contributed by atoms with van der Waals surface area (Å²) < 4.78 is 0. The van der Waals surface area contributed by atoms with Crippen molar-refractivity contribution in [3.63, 3.8) is 0 Å². The van der Waals surface area contributed by atoms with Gasteiger partial charge in [0.05, 0.1) is 0 Å². The molecule has 0 aromatic rings. The van der Waals surface area contributed by atoms with E-state index in [1.807, 2.05) is 0 Å². The number of hydrogen-bond acceptors (Lipinski definition) is 3. The molecule has 0 spiro atoms. The van der Waals surface area contributed by atoms with E-state index in [4.69, 9.17) is 5.73 Å². The minimum atomic E-state index is 0.468. The average molecular weight is 209 g/mol. The monoisotopic (exact) mass is 209 g/mol. The fourth-order valence-electron chi connectivity index (χ4n) is 3.92. The predicted molar refractivity (Wildman–Crippen MR) is 61.7 cm³/mol. The van der Waals surface area contributed by atoms with Gasteiger partial charge in [-0.25, -0.2) is 0 Å². The van der Waals surface area contributed by atoms with E-state index >= 15 is 0 Å². The Kier molecular flexibility index (Phi) is 2.71. The molecule has 4 rings (SSSR count). The van der Waals surface area contributed by atoms with Crippen LogP contribution in [0.2, 0.25) is 0 Å². The highest BCUT2D eigenvalue weighted by Crippen LogP contribution is 2.36. The number of nitrogens with one attached hydrogen (secondary N) is 1. The van der Waals surface area contributed by atoms with Crippen molar-refractivity contribution in [1.29, 1.82) is 0 Å². The number of nitrogens with two attached hydrogens (primary N) is 1. The minimum absolute atomic E-state index is 0.468. The van der Waals surface area contributed by atoms with Gasteiger partial charge in [0, 0.05) is 12.1 Å². The van der Waals surface area contributed by atoms with E-state index in [-0.39, 0.29) is 0 Å². The molecular formula is C12H23N3. The lowest BCUT2D eigenvalue weighted by Crippen LogP contribution is -2.64. The van der Waals surface area contributed by atoms with Gasteiger partial charge in [-0.3, -0.25) is 4.90 Å². The van der Waals surface area contributed by atoms with Crippen LogP contribution in [0.1, 0.15) is 25.7 Å². The molecule has 2 bridgehead atoms. The molecule has 86 valence electrons. The third-order valence-corrected chi connectivity index (χ3v) is 4.80. The minimum Gasteiger partial charge on any atom is -0.326 e. The lowest BCUT2D eigenvalue weighted by atomic mass is 9.72. The maximum absolute atomic E-state index is 6.43. The molecule has 3 N–H and O–H groups in total. The van der Waals surface area contributed by atoms with Crippen LogP contribution in [0.3, 0.4) is 0 Å². The first-order valence-corrected chi connectivity index (χ1v) is 6.56. The summed E-state index contributed by atoms with van der Waals surface area (Å²) in [5.41, 5.74) is 6.43. The number of rotatable bonds is 1. The molecule has 3 heteroatoms. The van der Waals surface area contributed by atoms with Crippen molar-refractivity contribution in [1.82, 2.24) is 10.2 Å². The average Bonchev–Trinajstić information content (AvgIpc) is 2.31. The zero-order valence-corrected chi connectivity index (χ0v) is 9.49. The van der Waals surface area contributed by atoms with Gasteiger partial charge in [-0.15, -0.1) is 0 Å². The van der Waals surface area contributed by atoms with Crippen LogP contribution in [0.25, 0.3) is 0 Å². The molecule has 2 unspecified atom stereocenters. The van der Waals surface area contributed by atoms with Crippen LogP contribution in [0.15, 0.2) is 0 Å². The van der Waals surface area contributed by atoms with Gasteiger partial charge in [0.1, 0.15) is 0 Å². The smallest absolute Gasteiger partial charge is 0.0279 e. The summed E-state index contributed by atoms with van der Waals surface area (Å²) in [5, 5.41) is 3.45. The number of fused-ring (bicyclic) bond motifs is 3. The maximum atomic E-state index is 6.43. The Balaban J connectivity index is 1.73. The van der Waals surface area contributed by atoms with Gasteiger partial charge >= 0.3 is 0 Å². The van der Waals surface area contributed by atoms with E-state index < -0.39 is 0 Å². The van der Waals surface area contributed by atoms with E-state index in [0.29, 0.717) is 12.1 Å². The molecule has 0 radical (unpaired) electrons. The summed E-state index contributed by atoms with van der Waals surface area (Å²) in [7, 11) is 0. The Bertz CT molecular complexity index is 215. The molecule has 2 atom stereocenters. The van der Waals surface area contributed by atoms with Gasteiger partial charge in [-0.2, -0.15) is 0 Å². The van der Waals surface area contributed by atoms with Crippen LogP contribution in [-0.2, 0) is 0 Å². The fourth-order valence-corrected chi connectivity index (χ4v) is 3.92. The van der Waals surface area contributed by atoms with Gasteiger partial charge in [-0.05, 0) is 63.7 Å². The first-order chi connectivity index (χ1) is 7.36. The second kappa shape index (κ2) is 4.04. The van der Waals surface area contributed by atoms with Crippen molar-refractivity contribution in [2.24, 2.45) is 17.6 Å². The SMILES string of the molecule is NC1C2CCN(CC2)C1C1CCNCC1. The third-order valence-electron chi connectivity index (χ3n) is 4.80. The zero-order valence-electron chi connectivity index (χ0n) is 9.49. The van der Waals surface area contributed by atoms with Crippen molar-refractivity contribution in [2.45, 2.75) is 37.8 Å². The number of piperidine rings is 4. The van der Waals surface area contributed by atoms with Crippen molar-refractivity contribution < 1.29 is 0 Å². The first kappa shape index (κ1) is 10.1. The molecule has 4 fully saturated rings. The molecule has 15 heavy (non-hydrogen) atoms. The summed E-state index contributed by atoms with van der Waals surface area (Å²) in [4.78, 5) is 2.68. The Morgan fingerprint density at radius 1 is 0.933 bits per heavy atom. The van der Waals surface area contributed by atoms with Crippen LogP contribution in [0.4, 0.5) is 0 Å². The van der Waals surface area contributed by atoms with Crippen LogP contribution >= 0.6 is 0 Å². The molecule has 4 aliphatic rings. The summed E-state index contributed by atoms with van der Waals surface area (Å²) >= 11 is 0. The van der Waals surface area contributed by atoms with Crippen LogP contribution in [0, 0.1) is 11.8 Å². The summed E-state index contributed by atoms with van der Waals surface area (Å²) in [6.07, 6.45) is 5.37. The largest absolute Gasteiger partial charge is 0.326 e. The predicted octanol–water partition coefficient (Wildman–Crippen LogP) is 0.408. The molecule has 4 saturated heterocycles. The summed E-state index contributed by atoms with van der Waals surface area (Å²) in [6, 6.07) is 1.18. The topological polar surface area (TPSA) is 41.3 Å². The molecule has 0 amide bonds. The molecule has 0 saturated carbocycles. The Hall–Kier alpha value is -0.120. The van der Waals surface area contributed by atoms with Gasteiger partial charge in [0.25, 0.3) is 0 Å². The maximum Gasteiger partial charge on any atom is 0.0279 e. The third kappa shape index (κ3) is 1.71. The zero-order chi connectivity index (χ0) is 10.3. The summed E-state index contributed by atoms with van der Waals surface area (Å²) in [6.45, 7) is 5.03. The number of hydrogen-bond donors (Lipinski definition) is 2. The normalized spacial score (nSPS) is 47.0. The highest BCUT2D eigenvalue weighted by Gasteiger charge is 2.43. The summed E-state index contributed by atoms with van der Waals surface area (Å²) in [5.74, 6) is 1.69. The molecule has 0 aromatic heterocycles. The Morgan fingerprint density at radius 3 is 2.20 bits per heavy atom. The highest BCUT2D eigenvalue weighted by atomic mass is 15.2. The van der Waals surface area contributed by atoms with Crippen LogP contribution < -0.4 is 11.1 Å². The Labute approximate surface area is 92.4 Å². The van der Waals surface area contributed by atoms with E-state index in [9.17, 15) is 0 Å². The lowest BCUT2D eigenvalue weighted by molar-refractivity contribution is -0.00923. The second-order valence-corrected chi connectivity index (χ2v) is 5.53. The van der Waals surface area contributed by atoms with Crippen molar-refractivity contribution >= 4 is 0 Å². The Morgan fingerprint density at radius 2 is 1.60 bits per heavy atom. The van der Waals surface area contributed by atoms with Gasteiger partial charge in [0.15, 0.2) is 0 Å². The lowest BCUT2D eigenvalue weighted by Gasteiger charge is -2.53. The van der Waals surface area contributed by atoms with Gasteiger partial charge < -0.3 is 11.1 Å². The number of nitrogens with zero attached hydrogens (tertiary/aromatic N) is 1. The highest BCUT2D eigenvalue weighted by molar-refractivity contribution is 5.00. The van der Waals surface area contributed by atoms with E-state index in [1.54, 1.807) is 0 Å². The molecule has 0 aliphatic carbocycles. The van der Waals surface area contributed by atoms with E-state index in [1.165, 1.54) is 51.9 Å². The van der Waals surface area contributed by atoms with Gasteiger partial charge in [-0.1, -0.05) is 0 Å². The standard InChI is InChI=1S/C12H23N3/c13-11-9-3-7-15(8-4-9)12(11)10-1-5-14-6-2-10/h9-12,14H,1-8,13H2. The molecule has 3 nitrogen and oxygen atoms in total. The molecule has 0 aromatic carbocycles. The van der Waals surface area contributed by atoms with E-state index in [0.717, 1.165) is 11.8 Å². The van der Waals surface area contributed by atoms with Crippen molar-refractivity contribution in [2.75, 3.05) is 26.2 Å². The fraction of sp³-hybridized carbons (Fsp3) is 1.00. The van der Waals surface area contributed by atoms with Crippen molar-refractivity contribution in [3.05, 3.63) is 0 Å².